The van der Waals surface area contributed by atoms with E-state index in [4.69, 9.17) is 4.98 Å². The van der Waals surface area contributed by atoms with Gasteiger partial charge in [-0.05, 0) is 60.3 Å². The van der Waals surface area contributed by atoms with Gasteiger partial charge in [0.15, 0.2) is 0 Å². The van der Waals surface area contributed by atoms with E-state index in [0.29, 0.717) is 30.1 Å². The molecular formula is C30H39N7O. The van der Waals surface area contributed by atoms with Gasteiger partial charge >= 0.3 is 5.69 Å². The van der Waals surface area contributed by atoms with Gasteiger partial charge in [0, 0.05) is 35.3 Å². The lowest BCUT2D eigenvalue weighted by molar-refractivity contribution is 0.126. The van der Waals surface area contributed by atoms with E-state index in [0.717, 1.165) is 47.3 Å². The van der Waals surface area contributed by atoms with Crippen molar-refractivity contribution in [3.63, 3.8) is 0 Å². The molecule has 1 fully saturated rings. The molecule has 1 aliphatic carbocycles. The molecule has 8 nitrogen and oxygen atoms in total. The SMILES string of the molecule is CCCCc1cn(C2C(C)CCCC2C(C)C)c(=O)n1Cc1ccc(-c2ccccc2-c2nn[nH]n2)cn1. The molecule has 8 heteroatoms. The molecule has 1 N–H and O–H groups in total. The Balaban J connectivity index is 1.46. The zero-order valence-electron chi connectivity index (χ0n) is 23.0. The first-order valence-electron chi connectivity index (χ1n) is 14.1. The molecule has 3 unspecified atom stereocenters. The molecule has 1 aliphatic rings. The summed E-state index contributed by atoms with van der Waals surface area (Å²) in [6, 6.07) is 12.3. The average Bonchev–Trinajstić information content (AvgIpc) is 3.57. The fourth-order valence-corrected chi connectivity index (χ4v) is 6.18. The zero-order chi connectivity index (χ0) is 26.6. The van der Waals surface area contributed by atoms with Crippen molar-refractivity contribution in [2.45, 2.75) is 78.8 Å². The second-order valence-electron chi connectivity index (χ2n) is 11.1. The molecule has 4 aromatic rings. The third kappa shape index (κ3) is 5.22. The van der Waals surface area contributed by atoms with Crippen LogP contribution in [0.15, 0.2) is 53.6 Å². The van der Waals surface area contributed by atoms with Crippen LogP contribution in [0, 0.1) is 17.8 Å². The molecular weight excluding hydrogens is 474 g/mol. The number of H-pyrrole nitrogens is 1. The van der Waals surface area contributed by atoms with Crippen molar-refractivity contribution >= 4 is 0 Å². The molecule has 0 bridgehead atoms. The maximum Gasteiger partial charge on any atom is 0.328 e. The summed E-state index contributed by atoms with van der Waals surface area (Å²) in [4.78, 5) is 18.7. The molecule has 0 radical (unpaired) electrons. The summed E-state index contributed by atoms with van der Waals surface area (Å²) in [6.45, 7) is 9.60. The molecule has 3 atom stereocenters. The average molecular weight is 514 g/mol. The number of aromatic nitrogens is 7. The summed E-state index contributed by atoms with van der Waals surface area (Å²) in [5.41, 5.74) is 4.96. The summed E-state index contributed by atoms with van der Waals surface area (Å²) in [5, 5.41) is 14.5. The van der Waals surface area contributed by atoms with E-state index in [2.05, 4.69) is 65.1 Å². The second kappa shape index (κ2) is 11.5. The van der Waals surface area contributed by atoms with Crippen LogP contribution in [0.3, 0.4) is 0 Å². The lowest BCUT2D eigenvalue weighted by Gasteiger charge is -2.39. The number of benzene rings is 1. The molecule has 0 amide bonds. The Morgan fingerprint density at radius 3 is 2.61 bits per heavy atom. The standard InChI is InChI=1S/C30H39N7O/c1-5-6-11-24-19-37(28-21(4)10-9-14-25(28)20(2)3)30(38)36(24)18-23-16-15-22(17-31-23)26-12-7-8-13-27(26)29-32-34-35-33-29/h7-8,12-13,15-17,19-21,25,28H,5-6,9-11,14,18H2,1-4H3,(H,32,33,34,35). The van der Waals surface area contributed by atoms with Crippen LogP contribution in [-0.4, -0.2) is 34.7 Å². The third-order valence-corrected chi connectivity index (χ3v) is 8.24. The second-order valence-corrected chi connectivity index (χ2v) is 11.1. The summed E-state index contributed by atoms with van der Waals surface area (Å²) >= 11 is 0. The molecule has 5 rings (SSSR count). The number of aromatic amines is 1. The van der Waals surface area contributed by atoms with Crippen LogP contribution in [-0.2, 0) is 13.0 Å². The zero-order valence-corrected chi connectivity index (χ0v) is 23.0. The van der Waals surface area contributed by atoms with Crippen molar-refractivity contribution < 1.29 is 0 Å². The molecule has 1 saturated carbocycles. The van der Waals surface area contributed by atoms with Gasteiger partial charge in [-0.2, -0.15) is 5.21 Å². The minimum absolute atomic E-state index is 0.105. The highest BCUT2D eigenvalue weighted by molar-refractivity contribution is 5.79. The van der Waals surface area contributed by atoms with E-state index in [1.54, 1.807) is 0 Å². The van der Waals surface area contributed by atoms with Crippen molar-refractivity contribution in [3.05, 3.63) is 70.7 Å². The van der Waals surface area contributed by atoms with E-state index in [9.17, 15) is 4.79 Å². The van der Waals surface area contributed by atoms with Crippen LogP contribution in [0.1, 0.15) is 77.2 Å². The van der Waals surface area contributed by atoms with Crippen molar-refractivity contribution in [1.29, 1.82) is 0 Å². The highest BCUT2D eigenvalue weighted by Crippen LogP contribution is 2.41. The number of hydrogen-bond acceptors (Lipinski definition) is 5. The summed E-state index contributed by atoms with van der Waals surface area (Å²) < 4.78 is 4.04. The molecule has 200 valence electrons. The Kier molecular flexibility index (Phi) is 7.86. The van der Waals surface area contributed by atoms with Crippen LogP contribution >= 0.6 is 0 Å². The van der Waals surface area contributed by atoms with Gasteiger partial charge in [0.05, 0.1) is 12.2 Å². The van der Waals surface area contributed by atoms with Gasteiger partial charge in [-0.25, -0.2) is 4.79 Å². The van der Waals surface area contributed by atoms with Crippen molar-refractivity contribution in [1.82, 2.24) is 34.7 Å². The van der Waals surface area contributed by atoms with Gasteiger partial charge in [0.2, 0.25) is 5.82 Å². The van der Waals surface area contributed by atoms with Crippen molar-refractivity contribution in [2.24, 2.45) is 17.8 Å². The quantitative estimate of drug-likeness (QED) is 0.300. The fourth-order valence-electron chi connectivity index (χ4n) is 6.18. The number of nitrogens with zero attached hydrogens (tertiary/aromatic N) is 6. The van der Waals surface area contributed by atoms with Gasteiger partial charge in [-0.1, -0.05) is 70.9 Å². The number of aryl methyl sites for hydroxylation is 1. The van der Waals surface area contributed by atoms with Gasteiger partial charge in [0.1, 0.15) is 0 Å². The van der Waals surface area contributed by atoms with Gasteiger partial charge < -0.3 is 0 Å². The molecule has 1 aromatic carbocycles. The van der Waals surface area contributed by atoms with E-state index in [-0.39, 0.29) is 11.7 Å². The number of pyridine rings is 1. The third-order valence-electron chi connectivity index (χ3n) is 8.24. The topological polar surface area (TPSA) is 94.3 Å². The largest absolute Gasteiger partial charge is 0.328 e. The molecule has 0 aliphatic heterocycles. The Labute approximate surface area is 224 Å². The van der Waals surface area contributed by atoms with Crippen LogP contribution in [0.2, 0.25) is 0 Å². The van der Waals surface area contributed by atoms with Gasteiger partial charge in [-0.15, -0.1) is 10.2 Å². The highest BCUT2D eigenvalue weighted by Gasteiger charge is 2.35. The van der Waals surface area contributed by atoms with E-state index in [1.165, 1.54) is 19.3 Å². The van der Waals surface area contributed by atoms with E-state index in [1.807, 2.05) is 41.1 Å². The Morgan fingerprint density at radius 2 is 1.92 bits per heavy atom. The summed E-state index contributed by atoms with van der Waals surface area (Å²) in [7, 11) is 0. The minimum atomic E-state index is 0.105. The number of rotatable bonds is 9. The fraction of sp³-hybridized carbons (Fsp3) is 0.500. The first kappa shape index (κ1) is 26.1. The number of nitrogens with one attached hydrogen (secondary N) is 1. The van der Waals surface area contributed by atoms with Crippen molar-refractivity contribution in [2.75, 3.05) is 0 Å². The maximum atomic E-state index is 13.9. The number of hydrogen-bond donors (Lipinski definition) is 1. The monoisotopic (exact) mass is 513 g/mol. The molecule has 0 saturated heterocycles. The number of unbranched alkanes of at least 4 members (excludes halogenated alkanes) is 1. The van der Waals surface area contributed by atoms with Crippen LogP contribution < -0.4 is 5.69 Å². The van der Waals surface area contributed by atoms with Gasteiger partial charge in [0.25, 0.3) is 0 Å². The lowest BCUT2D eigenvalue weighted by Crippen LogP contribution is -2.38. The van der Waals surface area contributed by atoms with Crippen LogP contribution in [0.4, 0.5) is 0 Å². The van der Waals surface area contributed by atoms with Gasteiger partial charge in [-0.3, -0.25) is 14.1 Å². The summed E-state index contributed by atoms with van der Waals surface area (Å²) in [6.07, 6.45) is 10.7. The smallest absolute Gasteiger partial charge is 0.295 e. The first-order valence-corrected chi connectivity index (χ1v) is 14.1. The molecule has 3 heterocycles. The van der Waals surface area contributed by atoms with Crippen LogP contribution in [0.25, 0.3) is 22.5 Å². The van der Waals surface area contributed by atoms with E-state index < -0.39 is 0 Å². The first-order chi connectivity index (χ1) is 18.5. The van der Waals surface area contributed by atoms with Crippen molar-refractivity contribution in [3.8, 4) is 22.5 Å². The lowest BCUT2D eigenvalue weighted by atomic mass is 9.72. The maximum absolute atomic E-state index is 13.9. The Bertz CT molecular complexity index is 1380. The summed E-state index contributed by atoms with van der Waals surface area (Å²) in [5.74, 6) is 2.14. The Morgan fingerprint density at radius 1 is 1.11 bits per heavy atom. The van der Waals surface area contributed by atoms with Crippen LogP contribution in [0.5, 0.6) is 0 Å². The van der Waals surface area contributed by atoms with E-state index >= 15 is 0 Å². The predicted octanol–water partition coefficient (Wildman–Crippen LogP) is 5.92. The number of tetrazole rings is 1. The minimum Gasteiger partial charge on any atom is -0.295 e. The molecule has 3 aromatic heterocycles. The molecule has 38 heavy (non-hydrogen) atoms. The predicted molar refractivity (Wildman–Crippen MR) is 150 cm³/mol. The molecule has 0 spiro atoms. The Hall–Kier alpha value is -3.55. The highest BCUT2D eigenvalue weighted by atomic mass is 16.1. The normalized spacial score (nSPS) is 19.8. The number of imidazole rings is 1.